The molecule has 0 radical (unpaired) electrons. The molecule has 3 heterocycles. The Balaban J connectivity index is 1.53. The second kappa shape index (κ2) is 6.76. The zero-order chi connectivity index (χ0) is 19.0. The molecule has 4 aromatic rings. The van der Waals surface area contributed by atoms with Gasteiger partial charge in [-0.15, -0.1) is 5.10 Å². The van der Waals surface area contributed by atoms with Crippen LogP contribution in [-0.4, -0.2) is 35.3 Å². The van der Waals surface area contributed by atoms with Gasteiger partial charge in [-0.25, -0.2) is 13.9 Å². The summed E-state index contributed by atoms with van der Waals surface area (Å²) in [5, 5.41) is 11.4. The van der Waals surface area contributed by atoms with Gasteiger partial charge >= 0.3 is 0 Å². The minimum Gasteiger partial charge on any atom is -0.302 e. The summed E-state index contributed by atoms with van der Waals surface area (Å²) in [5.74, 6) is -0.228. The Morgan fingerprint density at radius 2 is 2.15 bits per heavy atom. The number of carbonyl (C=O) groups is 1. The minimum atomic E-state index is -0.495. The van der Waals surface area contributed by atoms with Crippen molar-refractivity contribution >= 4 is 29.1 Å². The van der Waals surface area contributed by atoms with Crippen molar-refractivity contribution in [3.8, 4) is 0 Å². The molecule has 0 bridgehead atoms. The largest absolute Gasteiger partial charge is 0.302 e. The van der Waals surface area contributed by atoms with Gasteiger partial charge in [0.15, 0.2) is 5.82 Å². The van der Waals surface area contributed by atoms with Crippen LogP contribution in [0.5, 0.6) is 0 Å². The van der Waals surface area contributed by atoms with Crippen molar-refractivity contribution in [1.82, 2.24) is 29.4 Å². The molecular weight excluding hydrogens is 373 g/mol. The highest BCUT2D eigenvalue weighted by Gasteiger charge is 2.16. The number of aryl methyl sites for hydroxylation is 1. The maximum Gasteiger partial charge on any atom is 0.296 e. The fourth-order valence-electron chi connectivity index (χ4n) is 2.54. The lowest BCUT2D eigenvalue weighted by Gasteiger charge is -2.06. The zero-order valence-corrected chi connectivity index (χ0v) is 14.9. The Kier molecular flexibility index (Phi) is 4.28. The van der Waals surface area contributed by atoms with Gasteiger partial charge in [-0.1, -0.05) is 17.7 Å². The maximum atomic E-state index is 13.2. The number of fused-ring (bicyclic) bond motifs is 1. The summed E-state index contributed by atoms with van der Waals surface area (Å²) >= 11 is 6.07. The number of hydrogen-bond acceptors (Lipinski definition) is 5. The van der Waals surface area contributed by atoms with Crippen LogP contribution in [0.1, 0.15) is 21.9 Å². The van der Waals surface area contributed by atoms with E-state index >= 15 is 0 Å². The number of benzene rings is 1. The standard InChI is InChI=1S/C17H13ClFN7O/c1-10-7-14(23-26(10)9-11-3-4-12(19)8-13(11)18)21-16(27)15-22-17-20-5-2-6-25(17)24-15/h2-8H,9H2,1H3,(H,21,23,27). The fraction of sp³-hybridized carbons (Fsp3) is 0.118. The first kappa shape index (κ1) is 17.1. The quantitative estimate of drug-likeness (QED) is 0.583. The molecule has 1 N–H and O–H groups in total. The van der Waals surface area contributed by atoms with Gasteiger partial charge in [-0.3, -0.25) is 9.48 Å². The van der Waals surface area contributed by atoms with Crippen LogP contribution in [0.15, 0.2) is 42.7 Å². The first-order chi connectivity index (χ1) is 13.0. The van der Waals surface area contributed by atoms with Gasteiger partial charge in [0.05, 0.1) is 6.54 Å². The number of carbonyl (C=O) groups excluding carboxylic acids is 1. The van der Waals surface area contributed by atoms with E-state index in [1.54, 1.807) is 35.3 Å². The number of hydrogen-bond donors (Lipinski definition) is 1. The summed E-state index contributed by atoms with van der Waals surface area (Å²) in [6.45, 7) is 2.19. The summed E-state index contributed by atoms with van der Waals surface area (Å²) in [6, 6.07) is 7.59. The van der Waals surface area contributed by atoms with E-state index in [0.29, 0.717) is 23.2 Å². The van der Waals surface area contributed by atoms with Crippen LogP contribution < -0.4 is 5.32 Å². The SMILES string of the molecule is Cc1cc(NC(=O)c2nc3ncccn3n2)nn1Cc1ccc(F)cc1Cl. The molecule has 0 aliphatic carbocycles. The van der Waals surface area contributed by atoms with Gasteiger partial charge in [-0.2, -0.15) is 10.1 Å². The van der Waals surface area contributed by atoms with Crippen LogP contribution in [0.2, 0.25) is 5.02 Å². The highest BCUT2D eigenvalue weighted by Crippen LogP contribution is 2.20. The molecule has 0 aliphatic heterocycles. The molecule has 136 valence electrons. The van der Waals surface area contributed by atoms with E-state index in [-0.39, 0.29) is 5.82 Å². The van der Waals surface area contributed by atoms with E-state index in [9.17, 15) is 9.18 Å². The number of rotatable bonds is 4. The van der Waals surface area contributed by atoms with Crippen LogP contribution in [0, 0.1) is 12.7 Å². The number of anilines is 1. The number of halogens is 2. The molecule has 0 unspecified atom stereocenters. The van der Waals surface area contributed by atoms with Crippen molar-refractivity contribution in [2.75, 3.05) is 5.32 Å². The Morgan fingerprint density at radius 3 is 2.93 bits per heavy atom. The zero-order valence-electron chi connectivity index (χ0n) is 14.1. The van der Waals surface area contributed by atoms with E-state index in [2.05, 4.69) is 25.5 Å². The van der Waals surface area contributed by atoms with Crippen LogP contribution in [0.25, 0.3) is 5.78 Å². The number of aromatic nitrogens is 6. The summed E-state index contributed by atoms with van der Waals surface area (Å²) in [5.41, 5.74) is 1.52. The molecule has 0 saturated heterocycles. The van der Waals surface area contributed by atoms with Gasteiger partial charge in [0.1, 0.15) is 5.82 Å². The van der Waals surface area contributed by atoms with E-state index in [4.69, 9.17) is 11.6 Å². The third-order valence-electron chi connectivity index (χ3n) is 3.88. The van der Waals surface area contributed by atoms with Crippen molar-refractivity contribution < 1.29 is 9.18 Å². The van der Waals surface area contributed by atoms with Crippen molar-refractivity contribution in [2.24, 2.45) is 0 Å². The highest BCUT2D eigenvalue weighted by atomic mass is 35.5. The molecule has 0 spiro atoms. The first-order valence-electron chi connectivity index (χ1n) is 7.97. The van der Waals surface area contributed by atoms with E-state index in [0.717, 1.165) is 11.3 Å². The van der Waals surface area contributed by atoms with E-state index in [1.807, 2.05) is 6.92 Å². The molecule has 0 aliphatic rings. The molecule has 10 heteroatoms. The molecule has 8 nitrogen and oxygen atoms in total. The Bertz CT molecular complexity index is 1120. The predicted octanol–water partition coefficient (Wildman–Crippen LogP) is 2.72. The molecule has 0 fully saturated rings. The smallest absolute Gasteiger partial charge is 0.296 e. The van der Waals surface area contributed by atoms with Gasteiger partial charge in [-0.05, 0) is 30.7 Å². The Hall–Kier alpha value is -3.33. The van der Waals surface area contributed by atoms with Crippen LogP contribution in [0.4, 0.5) is 10.2 Å². The Labute approximate surface area is 157 Å². The number of amides is 1. The topological polar surface area (TPSA) is 90.0 Å². The monoisotopic (exact) mass is 385 g/mol. The third kappa shape index (κ3) is 3.49. The van der Waals surface area contributed by atoms with Gasteiger partial charge < -0.3 is 5.32 Å². The third-order valence-corrected chi connectivity index (χ3v) is 4.23. The van der Waals surface area contributed by atoms with Crippen molar-refractivity contribution in [3.63, 3.8) is 0 Å². The van der Waals surface area contributed by atoms with Gasteiger partial charge in [0.25, 0.3) is 11.7 Å². The molecule has 4 rings (SSSR count). The molecule has 3 aromatic heterocycles. The highest BCUT2D eigenvalue weighted by molar-refractivity contribution is 6.31. The lowest BCUT2D eigenvalue weighted by molar-refractivity contribution is 0.101. The van der Waals surface area contributed by atoms with Crippen LogP contribution in [-0.2, 0) is 6.54 Å². The molecule has 27 heavy (non-hydrogen) atoms. The molecular formula is C17H13ClFN7O. The van der Waals surface area contributed by atoms with Crippen LogP contribution >= 0.6 is 11.6 Å². The lowest BCUT2D eigenvalue weighted by Crippen LogP contribution is -2.15. The summed E-state index contributed by atoms with van der Waals surface area (Å²) < 4.78 is 16.3. The second-order valence-corrected chi connectivity index (χ2v) is 6.23. The first-order valence-corrected chi connectivity index (χ1v) is 8.34. The maximum absolute atomic E-state index is 13.2. The molecule has 0 atom stereocenters. The number of nitrogens with zero attached hydrogens (tertiary/aromatic N) is 6. The normalized spacial score (nSPS) is 11.1. The van der Waals surface area contributed by atoms with Crippen molar-refractivity contribution in [1.29, 1.82) is 0 Å². The van der Waals surface area contributed by atoms with Gasteiger partial charge in [0.2, 0.25) is 5.82 Å². The van der Waals surface area contributed by atoms with E-state index in [1.165, 1.54) is 16.6 Å². The second-order valence-electron chi connectivity index (χ2n) is 5.82. The summed E-state index contributed by atoms with van der Waals surface area (Å²) in [6.07, 6.45) is 3.22. The average molecular weight is 386 g/mol. The average Bonchev–Trinajstić information content (AvgIpc) is 3.21. The summed E-state index contributed by atoms with van der Waals surface area (Å²) in [7, 11) is 0. The van der Waals surface area contributed by atoms with Crippen molar-refractivity contribution in [2.45, 2.75) is 13.5 Å². The minimum absolute atomic E-state index is 0.0116. The number of nitrogens with one attached hydrogen (secondary N) is 1. The van der Waals surface area contributed by atoms with Gasteiger partial charge in [0, 0.05) is 29.2 Å². The van der Waals surface area contributed by atoms with E-state index < -0.39 is 11.7 Å². The fourth-order valence-corrected chi connectivity index (χ4v) is 2.77. The molecule has 1 amide bonds. The lowest BCUT2D eigenvalue weighted by atomic mass is 10.2. The predicted molar refractivity (Wildman–Crippen MR) is 96.2 cm³/mol. The summed E-state index contributed by atoms with van der Waals surface area (Å²) in [4.78, 5) is 20.5. The molecule has 1 aromatic carbocycles. The Morgan fingerprint density at radius 1 is 1.30 bits per heavy atom. The van der Waals surface area contributed by atoms with Crippen LogP contribution in [0.3, 0.4) is 0 Å². The van der Waals surface area contributed by atoms with Crippen molar-refractivity contribution in [3.05, 3.63) is 70.6 Å². The molecule has 0 saturated carbocycles.